The number of carbonyl (C=O) groups excluding carboxylic acids is 1. The number of carbonyl (C=O) groups is 1. The lowest BCUT2D eigenvalue weighted by Gasteiger charge is -2.17. The van der Waals surface area contributed by atoms with Crippen molar-refractivity contribution in [2.75, 3.05) is 20.3 Å². The molecule has 0 aliphatic heterocycles. The molecular weight excluding hydrogens is 472 g/mol. The highest BCUT2D eigenvalue weighted by atomic mass is 32.2. The van der Waals surface area contributed by atoms with Gasteiger partial charge in [0, 0.05) is 25.0 Å². The molecule has 2 atom stereocenters. The summed E-state index contributed by atoms with van der Waals surface area (Å²) in [6.07, 6.45) is -1.84. The molecule has 0 amide bonds. The zero-order valence-corrected chi connectivity index (χ0v) is 19.2. The molecule has 2 rings (SSSR count). The maximum absolute atomic E-state index is 12.5. The molecule has 0 aliphatic carbocycles. The number of methoxy groups -OCH3 is 1. The molecule has 0 unspecified atom stereocenters. The number of aliphatic hydroxyl groups excluding tert-OH is 2. The van der Waals surface area contributed by atoms with Crippen molar-refractivity contribution in [3.05, 3.63) is 41.5 Å². The van der Waals surface area contributed by atoms with Gasteiger partial charge in [0.2, 0.25) is 0 Å². The Morgan fingerprint density at radius 1 is 1.06 bits per heavy atom. The van der Waals surface area contributed by atoms with Crippen LogP contribution in [0.4, 0.5) is 0 Å². The van der Waals surface area contributed by atoms with Crippen LogP contribution in [-0.4, -0.2) is 76.0 Å². The number of ketones is 1. The Labute approximate surface area is 196 Å². The highest BCUT2D eigenvalue weighted by Gasteiger charge is 2.26. The lowest BCUT2D eigenvalue weighted by molar-refractivity contribution is 0.0851. The van der Waals surface area contributed by atoms with Gasteiger partial charge in [0.1, 0.15) is 22.8 Å². The molecule has 2 aromatic rings. The van der Waals surface area contributed by atoms with E-state index in [1.807, 2.05) is 0 Å². The Morgan fingerprint density at radius 3 is 2.24 bits per heavy atom. The maximum atomic E-state index is 12.5. The molecule has 0 spiro atoms. The monoisotopic (exact) mass is 500 g/mol. The van der Waals surface area contributed by atoms with Crippen molar-refractivity contribution in [3.8, 4) is 28.7 Å². The van der Waals surface area contributed by atoms with Gasteiger partial charge in [-0.25, -0.2) is 0 Å². The van der Waals surface area contributed by atoms with E-state index in [-0.39, 0.29) is 48.7 Å². The average molecular weight is 501 g/mol. The molecule has 0 aliphatic rings. The van der Waals surface area contributed by atoms with E-state index < -0.39 is 51.8 Å². The zero-order valence-electron chi connectivity index (χ0n) is 18.4. The number of rotatable bonds is 13. The van der Waals surface area contributed by atoms with E-state index in [1.165, 1.54) is 13.2 Å². The number of ether oxygens (including phenoxy) is 2. The third-order valence-electron chi connectivity index (χ3n) is 5.11. The van der Waals surface area contributed by atoms with E-state index >= 15 is 0 Å². The number of benzene rings is 2. The summed E-state index contributed by atoms with van der Waals surface area (Å²) in [7, 11) is -3.10. The van der Waals surface area contributed by atoms with Gasteiger partial charge in [-0.1, -0.05) is 6.07 Å². The molecule has 0 saturated heterocycles. The lowest BCUT2D eigenvalue weighted by Crippen LogP contribution is -2.29. The van der Waals surface area contributed by atoms with Gasteiger partial charge >= 0.3 is 0 Å². The molecule has 6 N–H and O–H groups in total. The molecule has 0 heterocycles. The third kappa shape index (κ3) is 7.48. The van der Waals surface area contributed by atoms with Crippen LogP contribution in [0.3, 0.4) is 0 Å². The quantitative estimate of drug-likeness (QED) is 0.172. The lowest BCUT2D eigenvalue weighted by atomic mass is 10.0. The molecule has 11 nitrogen and oxygen atoms in total. The molecule has 2 aromatic carbocycles. The van der Waals surface area contributed by atoms with Crippen LogP contribution in [0.25, 0.3) is 0 Å². The molecule has 0 aromatic heterocycles. The van der Waals surface area contributed by atoms with E-state index in [1.54, 1.807) is 12.1 Å². The van der Waals surface area contributed by atoms with Crippen molar-refractivity contribution in [3.63, 3.8) is 0 Å². The van der Waals surface area contributed by atoms with Crippen molar-refractivity contribution in [2.45, 2.75) is 37.0 Å². The normalized spacial score (nSPS) is 13.3. The van der Waals surface area contributed by atoms with Crippen LogP contribution < -0.4 is 9.47 Å². The van der Waals surface area contributed by atoms with Crippen LogP contribution in [-0.2, 0) is 16.5 Å². The van der Waals surface area contributed by atoms with Crippen molar-refractivity contribution in [1.29, 1.82) is 0 Å². The van der Waals surface area contributed by atoms with Crippen LogP contribution in [0.15, 0.2) is 30.3 Å². The molecule has 0 bridgehead atoms. The van der Waals surface area contributed by atoms with Crippen molar-refractivity contribution >= 4 is 15.9 Å². The Kier molecular flexibility index (Phi) is 9.50. The topological polar surface area (TPSA) is 191 Å². The van der Waals surface area contributed by atoms with E-state index in [2.05, 4.69) is 0 Å². The Balaban J connectivity index is 2.02. The fourth-order valence-electron chi connectivity index (χ4n) is 3.30. The van der Waals surface area contributed by atoms with E-state index in [0.29, 0.717) is 5.56 Å². The van der Waals surface area contributed by atoms with Gasteiger partial charge in [-0.2, -0.15) is 8.42 Å². The highest BCUT2D eigenvalue weighted by molar-refractivity contribution is 7.86. The molecule has 0 saturated carbocycles. The van der Waals surface area contributed by atoms with Gasteiger partial charge in [-0.05, 0) is 30.5 Å². The van der Waals surface area contributed by atoms with Crippen LogP contribution in [0.2, 0.25) is 0 Å². The first kappa shape index (κ1) is 27.2. The second kappa shape index (κ2) is 11.9. The first-order valence-corrected chi connectivity index (χ1v) is 11.8. The van der Waals surface area contributed by atoms with Gasteiger partial charge in [-0.3, -0.25) is 9.35 Å². The summed E-state index contributed by atoms with van der Waals surface area (Å²) in [5.74, 6) is -1.49. The van der Waals surface area contributed by atoms with Gasteiger partial charge in [0.25, 0.3) is 10.1 Å². The number of hydrogen-bond donors (Lipinski definition) is 6. The van der Waals surface area contributed by atoms with Gasteiger partial charge in [-0.15, -0.1) is 0 Å². The number of aromatic hydroxyl groups is 3. The standard InChI is InChI=1S/C22H28O11S/c1-32-21-5-3-13(8-18(21)26)2-4-17(25)22-19(27)10-15(11-20(22)28)33-7-6-16(34(29,30)31)9-14(24)12-23/h3,5,8,10-11,14,16,23-24,26-28H,2,4,6-7,9,12H2,1H3,(H,29,30,31)/t14-,16-/m1/s1. The Bertz CT molecular complexity index is 1080. The van der Waals surface area contributed by atoms with Gasteiger partial charge in [0.15, 0.2) is 17.3 Å². The predicted octanol–water partition coefficient (Wildman–Crippen LogP) is 1.40. The first-order chi connectivity index (χ1) is 16.0. The predicted molar refractivity (Wildman–Crippen MR) is 120 cm³/mol. The minimum absolute atomic E-state index is 0.0524. The van der Waals surface area contributed by atoms with Crippen molar-refractivity contribution in [1.82, 2.24) is 0 Å². The Morgan fingerprint density at radius 2 is 1.71 bits per heavy atom. The number of aryl methyl sites for hydroxylation is 1. The van der Waals surface area contributed by atoms with E-state index in [0.717, 1.165) is 12.1 Å². The fourth-order valence-corrected chi connectivity index (χ4v) is 4.16. The average Bonchev–Trinajstić information content (AvgIpc) is 2.75. The SMILES string of the molecule is COc1ccc(CCC(=O)c2c(O)cc(OCC[C@H](C[C@@H](O)CO)S(=O)(=O)O)cc2O)cc1O. The maximum Gasteiger partial charge on any atom is 0.267 e. The Hall–Kier alpha value is -3.06. The summed E-state index contributed by atoms with van der Waals surface area (Å²) in [5.41, 5.74) is 0.331. The second-order valence-corrected chi connectivity index (χ2v) is 9.31. The largest absolute Gasteiger partial charge is 0.507 e. The summed E-state index contributed by atoms with van der Waals surface area (Å²) in [6, 6.07) is 6.83. The number of hydrogen-bond acceptors (Lipinski definition) is 10. The van der Waals surface area contributed by atoms with Gasteiger partial charge in [0.05, 0.1) is 31.7 Å². The van der Waals surface area contributed by atoms with Crippen LogP contribution in [0.5, 0.6) is 28.7 Å². The number of phenolic OH excluding ortho intramolecular Hbond substituents is 3. The molecule has 34 heavy (non-hydrogen) atoms. The highest BCUT2D eigenvalue weighted by Crippen LogP contribution is 2.34. The number of Topliss-reactive ketones (excluding diaryl/α,β-unsaturated/α-hetero) is 1. The smallest absolute Gasteiger partial charge is 0.267 e. The van der Waals surface area contributed by atoms with Crippen molar-refractivity contribution < 1.29 is 52.8 Å². The first-order valence-electron chi connectivity index (χ1n) is 10.3. The van der Waals surface area contributed by atoms with E-state index in [9.17, 15) is 38.2 Å². The second-order valence-electron chi connectivity index (χ2n) is 7.61. The molecule has 0 radical (unpaired) electrons. The van der Waals surface area contributed by atoms with E-state index in [4.69, 9.17) is 14.6 Å². The van der Waals surface area contributed by atoms with Crippen molar-refractivity contribution in [2.24, 2.45) is 0 Å². The summed E-state index contributed by atoms with van der Waals surface area (Å²) in [6.45, 7) is -0.945. The summed E-state index contributed by atoms with van der Waals surface area (Å²) >= 11 is 0. The summed E-state index contributed by atoms with van der Waals surface area (Å²) in [5, 5.41) is 47.2. The van der Waals surface area contributed by atoms with Crippen LogP contribution >= 0.6 is 0 Å². The van der Waals surface area contributed by atoms with Gasteiger partial charge < -0.3 is 35.0 Å². The molecule has 188 valence electrons. The summed E-state index contributed by atoms with van der Waals surface area (Å²) < 4.78 is 42.4. The fraction of sp³-hybridized carbons (Fsp3) is 0.409. The zero-order chi connectivity index (χ0) is 25.5. The minimum atomic E-state index is -4.51. The number of phenols is 3. The number of aliphatic hydroxyl groups is 2. The van der Waals surface area contributed by atoms with Crippen LogP contribution in [0.1, 0.15) is 35.2 Å². The summed E-state index contributed by atoms with van der Waals surface area (Å²) in [4.78, 5) is 12.5. The molecule has 0 fully saturated rings. The van der Waals surface area contributed by atoms with Crippen LogP contribution in [0, 0.1) is 0 Å². The minimum Gasteiger partial charge on any atom is -0.507 e. The molecular formula is C22H28O11S. The molecule has 12 heteroatoms. The third-order valence-corrected chi connectivity index (χ3v) is 6.38.